The number of aromatic nitrogens is 7. The molecule has 2 N–H and O–H groups in total. The van der Waals surface area contributed by atoms with E-state index in [2.05, 4.69) is 49.7 Å². The minimum atomic E-state index is 0.246. The lowest BCUT2D eigenvalue weighted by atomic mass is 10.2. The van der Waals surface area contributed by atoms with Gasteiger partial charge in [-0.3, -0.25) is 4.98 Å². The van der Waals surface area contributed by atoms with Crippen LogP contribution in [0.2, 0.25) is 0 Å². The van der Waals surface area contributed by atoms with Crippen LogP contribution in [0.4, 0.5) is 5.82 Å². The number of nitrogens with zero attached hydrogens (tertiary/aromatic N) is 6. The molecular weight excluding hydrogens is 388 g/mol. The zero-order valence-electron chi connectivity index (χ0n) is 17.8. The summed E-state index contributed by atoms with van der Waals surface area (Å²) in [6.45, 7) is 6.97. The van der Waals surface area contributed by atoms with Gasteiger partial charge in [0.2, 0.25) is 0 Å². The van der Waals surface area contributed by atoms with Crippen LogP contribution in [-0.2, 0) is 6.42 Å². The minimum absolute atomic E-state index is 0.246. The van der Waals surface area contributed by atoms with Crippen molar-refractivity contribution >= 4 is 28.0 Å². The third-order valence-electron chi connectivity index (χ3n) is 5.27. The molecular formula is C23H24N8. The number of anilines is 1. The number of rotatable bonds is 6. The lowest BCUT2D eigenvalue weighted by Gasteiger charge is -2.11. The van der Waals surface area contributed by atoms with Crippen LogP contribution < -0.4 is 5.32 Å². The Labute approximate surface area is 179 Å². The Kier molecular flexibility index (Phi) is 4.82. The number of aromatic amines is 1. The summed E-state index contributed by atoms with van der Waals surface area (Å²) < 4.78 is 2.07. The molecule has 5 aromatic heterocycles. The van der Waals surface area contributed by atoms with Gasteiger partial charge in [0, 0.05) is 48.3 Å². The first kappa shape index (κ1) is 19.2. The van der Waals surface area contributed by atoms with Crippen molar-refractivity contribution in [2.45, 2.75) is 33.2 Å². The molecule has 0 aliphatic carbocycles. The van der Waals surface area contributed by atoms with E-state index in [4.69, 9.17) is 9.97 Å². The summed E-state index contributed by atoms with van der Waals surface area (Å²) in [5.74, 6) is 1.38. The Hall–Kier alpha value is -3.81. The van der Waals surface area contributed by atoms with Crippen molar-refractivity contribution in [2.75, 3.05) is 11.9 Å². The molecule has 5 aromatic rings. The number of fused-ring (bicyclic) bond motifs is 2. The van der Waals surface area contributed by atoms with Gasteiger partial charge in [0.15, 0.2) is 17.3 Å². The van der Waals surface area contributed by atoms with Gasteiger partial charge in [0.05, 0.1) is 6.33 Å². The molecule has 0 saturated heterocycles. The summed E-state index contributed by atoms with van der Waals surface area (Å²) in [4.78, 5) is 26.1. The van der Waals surface area contributed by atoms with Gasteiger partial charge in [-0.05, 0) is 56.5 Å². The highest BCUT2D eigenvalue weighted by Gasteiger charge is 2.16. The molecule has 0 saturated carbocycles. The lowest BCUT2D eigenvalue weighted by molar-refractivity contribution is 0.613. The molecule has 0 bridgehead atoms. The van der Waals surface area contributed by atoms with E-state index in [1.54, 1.807) is 6.20 Å². The Balaban J connectivity index is 1.47. The first-order chi connectivity index (χ1) is 15.1. The highest BCUT2D eigenvalue weighted by molar-refractivity contribution is 5.85. The van der Waals surface area contributed by atoms with E-state index in [9.17, 15) is 0 Å². The largest absolute Gasteiger partial charge is 0.368 e. The quantitative estimate of drug-likeness (QED) is 0.431. The van der Waals surface area contributed by atoms with Gasteiger partial charge in [0.1, 0.15) is 11.2 Å². The number of H-pyrrole nitrogens is 1. The van der Waals surface area contributed by atoms with E-state index in [1.165, 1.54) is 5.56 Å². The van der Waals surface area contributed by atoms with Crippen molar-refractivity contribution in [3.63, 3.8) is 0 Å². The van der Waals surface area contributed by atoms with Crippen molar-refractivity contribution in [1.82, 2.24) is 34.5 Å². The van der Waals surface area contributed by atoms with E-state index in [0.29, 0.717) is 12.4 Å². The third-order valence-corrected chi connectivity index (χ3v) is 5.27. The van der Waals surface area contributed by atoms with E-state index >= 15 is 0 Å². The lowest BCUT2D eigenvalue weighted by Crippen LogP contribution is -2.09. The van der Waals surface area contributed by atoms with Crippen LogP contribution in [0.5, 0.6) is 0 Å². The van der Waals surface area contributed by atoms with Crippen LogP contribution in [-0.4, -0.2) is 41.0 Å². The smallest absolute Gasteiger partial charge is 0.166 e. The molecule has 0 spiro atoms. The van der Waals surface area contributed by atoms with Crippen LogP contribution >= 0.6 is 0 Å². The Morgan fingerprint density at radius 1 is 1.10 bits per heavy atom. The molecule has 31 heavy (non-hydrogen) atoms. The van der Waals surface area contributed by atoms with Crippen molar-refractivity contribution in [1.29, 1.82) is 0 Å². The second kappa shape index (κ2) is 7.79. The third kappa shape index (κ3) is 3.72. The topological polar surface area (TPSA) is 97.2 Å². The van der Waals surface area contributed by atoms with Gasteiger partial charge in [-0.1, -0.05) is 0 Å². The number of nitrogens with one attached hydrogen (secondary N) is 2. The maximum absolute atomic E-state index is 4.82. The van der Waals surface area contributed by atoms with Crippen molar-refractivity contribution in [3.8, 4) is 11.4 Å². The molecule has 8 heteroatoms. The van der Waals surface area contributed by atoms with Gasteiger partial charge in [-0.2, -0.15) is 0 Å². The van der Waals surface area contributed by atoms with Gasteiger partial charge in [-0.25, -0.2) is 19.9 Å². The second-order valence-electron chi connectivity index (χ2n) is 8.00. The Bertz CT molecular complexity index is 1360. The summed E-state index contributed by atoms with van der Waals surface area (Å²) in [6.07, 6.45) is 10.1. The molecule has 5 heterocycles. The van der Waals surface area contributed by atoms with Crippen LogP contribution in [0.1, 0.15) is 31.0 Å². The maximum atomic E-state index is 4.82. The fraction of sp³-hybridized carbons (Fsp3) is 0.261. The molecule has 0 aromatic carbocycles. The molecule has 0 fully saturated rings. The Morgan fingerprint density at radius 2 is 2.00 bits per heavy atom. The predicted molar refractivity (Wildman–Crippen MR) is 122 cm³/mol. The zero-order valence-corrected chi connectivity index (χ0v) is 17.8. The molecule has 5 rings (SSSR count). The van der Waals surface area contributed by atoms with Crippen LogP contribution in [0.3, 0.4) is 0 Å². The number of hydrogen-bond acceptors (Lipinski definition) is 6. The van der Waals surface area contributed by atoms with Crippen LogP contribution in [0, 0.1) is 6.92 Å². The molecule has 0 amide bonds. The average Bonchev–Trinajstić information content (AvgIpc) is 3.40. The fourth-order valence-corrected chi connectivity index (χ4v) is 3.67. The summed E-state index contributed by atoms with van der Waals surface area (Å²) in [6, 6.07) is 6.49. The highest BCUT2D eigenvalue weighted by atomic mass is 15.2. The van der Waals surface area contributed by atoms with E-state index in [1.807, 2.05) is 44.0 Å². The number of aryl methyl sites for hydroxylation is 1. The van der Waals surface area contributed by atoms with Crippen LogP contribution in [0.15, 0.2) is 49.3 Å². The average molecular weight is 413 g/mol. The van der Waals surface area contributed by atoms with Crippen molar-refractivity contribution in [3.05, 3.63) is 60.4 Å². The summed E-state index contributed by atoms with van der Waals surface area (Å²) >= 11 is 0. The van der Waals surface area contributed by atoms with Crippen molar-refractivity contribution in [2.24, 2.45) is 0 Å². The molecule has 0 atom stereocenters. The molecule has 156 valence electrons. The van der Waals surface area contributed by atoms with E-state index in [0.717, 1.165) is 45.6 Å². The standard InChI is InChI=1S/C23H24N8/c1-14(2)31-13-28-19-22(26-6-4-16-9-17-5-7-25-20(17)27-11-16)29-21(30-23(19)31)18-8-15(3)10-24-12-18/h5,7-14H,4,6H2,1-3H3,(H,25,27)(H,26,29,30). The van der Waals surface area contributed by atoms with Crippen LogP contribution in [0.25, 0.3) is 33.6 Å². The first-order valence-corrected chi connectivity index (χ1v) is 10.4. The van der Waals surface area contributed by atoms with Gasteiger partial charge < -0.3 is 14.9 Å². The van der Waals surface area contributed by atoms with E-state index in [-0.39, 0.29) is 6.04 Å². The maximum Gasteiger partial charge on any atom is 0.166 e. The Morgan fingerprint density at radius 3 is 2.84 bits per heavy atom. The molecule has 0 unspecified atom stereocenters. The van der Waals surface area contributed by atoms with Gasteiger partial charge in [0.25, 0.3) is 0 Å². The van der Waals surface area contributed by atoms with Crippen molar-refractivity contribution < 1.29 is 0 Å². The monoisotopic (exact) mass is 412 g/mol. The summed E-state index contributed by atoms with van der Waals surface area (Å²) in [7, 11) is 0. The fourth-order valence-electron chi connectivity index (χ4n) is 3.67. The second-order valence-corrected chi connectivity index (χ2v) is 8.00. The van der Waals surface area contributed by atoms with Gasteiger partial charge >= 0.3 is 0 Å². The predicted octanol–water partition coefficient (Wildman–Crippen LogP) is 4.31. The minimum Gasteiger partial charge on any atom is -0.368 e. The normalized spacial score (nSPS) is 11.6. The SMILES string of the molecule is Cc1cncc(-c2nc(NCCc3cnc4[nH]ccc4c3)c3ncn(C(C)C)c3n2)c1. The van der Waals surface area contributed by atoms with Gasteiger partial charge in [-0.15, -0.1) is 0 Å². The van der Waals surface area contributed by atoms with E-state index < -0.39 is 0 Å². The summed E-state index contributed by atoms with van der Waals surface area (Å²) in [5.41, 5.74) is 5.63. The number of hydrogen-bond donors (Lipinski definition) is 2. The zero-order chi connectivity index (χ0) is 21.4. The first-order valence-electron chi connectivity index (χ1n) is 10.4. The summed E-state index contributed by atoms with van der Waals surface area (Å²) in [5, 5.41) is 4.59. The molecule has 0 radical (unpaired) electrons. The highest BCUT2D eigenvalue weighted by Crippen LogP contribution is 2.26. The molecule has 0 aliphatic rings. The molecule has 8 nitrogen and oxygen atoms in total. The molecule has 0 aliphatic heterocycles. The number of pyridine rings is 2. The number of imidazole rings is 1.